The molecule has 0 saturated carbocycles. The van der Waals surface area contributed by atoms with E-state index in [0.717, 1.165) is 11.3 Å². The molecule has 0 fully saturated rings. The summed E-state index contributed by atoms with van der Waals surface area (Å²) in [5, 5.41) is 12.5. The molecule has 3 nitrogen and oxygen atoms in total. The van der Waals surface area contributed by atoms with E-state index in [1.165, 1.54) is 0 Å². The molecular formula is C11H13NO2. The summed E-state index contributed by atoms with van der Waals surface area (Å²) in [5.74, 6) is 0.479. The Morgan fingerprint density at radius 1 is 1.50 bits per heavy atom. The third kappa shape index (κ3) is 1.71. The molecule has 74 valence electrons. The van der Waals surface area contributed by atoms with E-state index < -0.39 is 0 Å². The highest BCUT2D eigenvalue weighted by atomic mass is 16.3. The summed E-state index contributed by atoms with van der Waals surface area (Å²) < 4.78 is 0. The van der Waals surface area contributed by atoms with Crippen LogP contribution in [-0.2, 0) is 11.2 Å². The van der Waals surface area contributed by atoms with E-state index in [-0.39, 0.29) is 17.6 Å². The number of Topliss-reactive ketones (excluding diaryl/α,β-unsaturated/α-hetero) is 1. The minimum Gasteiger partial charge on any atom is -0.508 e. The lowest BCUT2D eigenvalue weighted by Gasteiger charge is -2.12. The zero-order chi connectivity index (χ0) is 10.1. The zero-order valence-electron chi connectivity index (χ0n) is 8.08. The Morgan fingerprint density at radius 3 is 3.07 bits per heavy atom. The number of hydrogen-bond donors (Lipinski definition) is 2. The predicted octanol–water partition coefficient (Wildman–Crippen LogP) is 1.71. The third-order valence-corrected chi connectivity index (χ3v) is 2.42. The van der Waals surface area contributed by atoms with Gasteiger partial charge in [0.15, 0.2) is 0 Å². The highest BCUT2D eigenvalue weighted by Crippen LogP contribution is 2.26. The van der Waals surface area contributed by atoms with Gasteiger partial charge < -0.3 is 10.4 Å². The van der Waals surface area contributed by atoms with Gasteiger partial charge in [-0.3, -0.25) is 4.79 Å². The van der Waals surface area contributed by atoms with Gasteiger partial charge in [0.25, 0.3) is 0 Å². The number of nitrogens with one attached hydrogen (secondary N) is 1. The Kier molecular flexibility index (Phi) is 2.15. The van der Waals surface area contributed by atoms with Crippen molar-refractivity contribution in [1.29, 1.82) is 0 Å². The average molecular weight is 191 g/mol. The Morgan fingerprint density at radius 2 is 2.29 bits per heavy atom. The molecule has 0 aromatic heterocycles. The van der Waals surface area contributed by atoms with E-state index in [4.69, 9.17) is 0 Å². The van der Waals surface area contributed by atoms with Crippen LogP contribution < -0.4 is 5.32 Å². The standard InChI is InChI=1S/C11H13NO2/c1-7-4-10(14)5-8-2-3-9(13)6-11(8)12-7/h2-3,6-7,12-13H,4-5H2,1H3/t7-/m1/s1. The number of carbonyl (C=O) groups is 1. The number of carbonyl (C=O) groups excluding carboxylic acids is 1. The van der Waals surface area contributed by atoms with Gasteiger partial charge in [-0.15, -0.1) is 0 Å². The number of fused-ring (bicyclic) bond motifs is 1. The van der Waals surface area contributed by atoms with Crippen LogP contribution >= 0.6 is 0 Å². The summed E-state index contributed by atoms with van der Waals surface area (Å²) in [6.45, 7) is 1.97. The summed E-state index contributed by atoms with van der Waals surface area (Å²) in [6, 6.07) is 5.23. The first-order valence-corrected chi connectivity index (χ1v) is 4.75. The summed E-state index contributed by atoms with van der Waals surface area (Å²) in [4.78, 5) is 11.4. The van der Waals surface area contributed by atoms with Crippen molar-refractivity contribution in [3.63, 3.8) is 0 Å². The van der Waals surface area contributed by atoms with Gasteiger partial charge >= 0.3 is 0 Å². The number of phenols is 1. The molecule has 0 bridgehead atoms. The van der Waals surface area contributed by atoms with Crippen LogP contribution in [0, 0.1) is 0 Å². The molecule has 1 aromatic rings. The van der Waals surface area contributed by atoms with Gasteiger partial charge in [0, 0.05) is 30.6 Å². The van der Waals surface area contributed by atoms with Gasteiger partial charge in [0.05, 0.1) is 0 Å². The van der Waals surface area contributed by atoms with Crippen molar-refractivity contribution >= 4 is 11.5 Å². The van der Waals surface area contributed by atoms with Crippen molar-refractivity contribution in [3.8, 4) is 5.75 Å². The number of aromatic hydroxyl groups is 1. The Hall–Kier alpha value is -1.51. The summed E-state index contributed by atoms with van der Waals surface area (Å²) in [5.41, 5.74) is 1.85. The lowest BCUT2D eigenvalue weighted by molar-refractivity contribution is -0.118. The minimum absolute atomic E-state index is 0.144. The van der Waals surface area contributed by atoms with Crippen molar-refractivity contribution in [2.75, 3.05) is 5.32 Å². The second kappa shape index (κ2) is 3.33. The Balaban J connectivity index is 2.41. The smallest absolute Gasteiger partial charge is 0.139 e. The SMILES string of the molecule is C[C@@H]1CC(=O)Cc2ccc(O)cc2N1. The van der Waals surface area contributed by atoms with Crippen molar-refractivity contribution in [3.05, 3.63) is 23.8 Å². The van der Waals surface area contributed by atoms with Gasteiger partial charge in [-0.05, 0) is 18.6 Å². The predicted molar refractivity (Wildman–Crippen MR) is 54.5 cm³/mol. The van der Waals surface area contributed by atoms with E-state index in [0.29, 0.717) is 12.8 Å². The first-order valence-electron chi connectivity index (χ1n) is 4.75. The molecular weight excluding hydrogens is 178 g/mol. The van der Waals surface area contributed by atoms with Gasteiger partial charge in [-0.1, -0.05) is 6.07 Å². The van der Waals surface area contributed by atoms with Crippen LogP contribution in [0.25, 0.3) is 0 Å². The van der Waals surface area contributed by atoms with E-state index in [9.17, 15) is 9.90 Å². The van der Waals surface area contributed by atoms with E-state index >= 15 is 0 Å². The first-order chi connectivity index (χ1) is 6.65. The fourth-order valence-corrected chi connectivity index (χ4v) is 1.80. The van der Waals surface area contributed by atoms with E-state index in [1.807, 2.05) is 6.92 Å². The maximum atomic E-state index is 11.4. The molecule has 0 saturated heterocycles. The number of hydrogen-bond acceptors (Lipinski definition) is 3. The Bertz CT molecular complexity index is 374. The zero-order valence-corrected chi connectivity index (χ0v) is 8.08. The molecule has 2 rings (SSSR count). The lowest BCUT2D eigenvalue weighted by Crippen LogP contribution is -2.16. The summed E-state index contributed by atoms with van der Waals surface area (Å²) in [7, 11) is 0. The van der Waals surface area contributed by atoms with Crippen LogP contribution in [0.2, 0.25) is 0 Å². The molecule has 1 atom stereocenters. The highest BCUT2D eigenvalue weighted by molar-refractivity contribution is 5.85. The van der Waals surface area contributed by atoms with Crippen LogP contribution in [0.5, 0.6) is 5.75 Å². The lowest BCUT2D eigenvalue weighted by atomic mass is 10.1. The number of benzene rings is 1. The number of rotatable bonds is 0. The monoisotopic (exact) mass is 191 g/mol. The highest BCUT2D eigenvalue weighted by Gasteiger charge is 2.17. The van der Waals surface area contributed by atoms with Crippen LogP contribution in [0.3, 0.4) is 0 Å². The number of ketones is 1. The van der Waals surface area contributed by atoms with Crippen LogP contribution in [0.1, 0.15) is 18.9 Å². The minimum atomic E-state index is 0.144. The number of anilines is 1. The molecule has 2 N–H and O–H groups in total. The fraction of sp³-hybridized carbons (Fsp3) is 0.364. The molecule has 0 aliphatic carbocycles. The molecule has 0 unspecified atom stereocenters. The second-order valence-corrected chi connectivity index (χ2v) is 3.81. The first kappa shape index (κ1) is 9.06. The van der Waals surface area contributed by atoms with Crippen molar-refractivity contribution in [2.24, 2.45) is 0 Å². The largest absolute Gasteiger partial charge is 0.508 e. The van der Waals surface area contributed by atoms with Gasteiger partial charge in [-0.2, -0.15) is 0 Å². The fourth-order valence-electron chi connectivity index (χ4n) is 1.80. The van der Waals surface area contributed by atoms with Gasteiger partial charge in [0.1, 0.15) is 11.5 Å². The quantitative estimate of drug-likeness (QED) is 0.656. The summed E-state index contributed by atoms with van der Waals surface area (Å²) >= 11 is 0. The normalized spacial score (nSPS) is 20.9. The molecule has 1 aliphatic heterocycles. The third-order valence-electron chi connectivity index (χ3n) is 2.42. The Labute approximate surface area is 82.8 Å². The maximum absolute atomic E-state index is 11.4. The topological polar surface area (TPSA) is 49.3 Å². The molecule has 0 amide bonds. The average Bonchev–Trinajstić information content (AvgIpc) is 2.21. The van der Waals surface area contributed by atoms with Crippen LogP contribution in [-0.4, -0.2) is 16.9 Å². The van der Waals surface area contributed by atoms with Crippen LogP contribution in [0.4, 0.5) is 5.69 Å². The molecule has 3 heteroatoms. The second-order valence-electron chi connectivity index (χ2n) is 3.81. The van der Waals surface area contributed by atoms with Crippen molar-refractivity contribution in [1.82, 2.24) is 0 Å². The van der Waals surface area contributed by atoms with Crippen LogP contribution in [0.15, 0.2) is 18.2 Å². The van der Waals surface area contributed by atoms with Gasteiger partial charge in [0.2, 0.25) is 0 Å². The molecule has 0 spiro atoms. The maximum Gasteiger partial charge on any atom is 0.139 e. The van der Waals surface area contributed by atoms with Crippen molar-refractivity contribution in [2.45, 2.75) is 25.8 Å². The van der Waals surface area contributed by atoms with E-state index in [1.54, 1.807) is 18.2 Å². The molecule has 1 aromatic carbocycles. The molecule has 14 heavy (non-hydrogen) atoms. The molecule has 1 heterocycles. The molecule has 0 radical (unpaired) electrons. The van der Waals surface area contributed by atoms with E-state index in [2.05, 4.69) is 5.32 Å². The summed E-state index contributed by atoms with van der Waals surface area (Å²) in [6.07, 6.45) is 1.02. The van der Waals surface area contributed by atoms with Crippen molar-refractivity contribution < 1.29 is 9.90 Å². The molecule has 1 aliphatic rings. The van der Waals surface area contributed by atoms with Gasteiger partial charge in [-0.25, -0.2) is 0 Å². The number of phenolic OH excluding ortho intramolecular Hbond substituents is 1.